The number of alkyl carbamates (subject to hydrolysis) is 1. The molecule has 1 fully saturated rings. The van der Waals surface area contributed by atoms with Crippen LogP contribution in [0.3, 0.4) is 0 Å². The predicted molar refractivity (Wildman–Crippen MR) is 106 cm³/mol. The highest BCUT2D eigenvalue weighted by atomic mass is 16.6. The van der Waals surface area contributed by atoms with Crippen LogP contribution in [0.25, 0.3) is 0 Å². The summed E-state index contributed by atoms with van der Waals surface area (Å²) in [5.74, 6) is 0.350. The van der Waals surface area contributed by atoms with Crippen molar-refractivity contribution < 1.29 is 14.3 Å². The zero-order valence-corrected chi connectivity index (χ0v) is 17.2. The van der Waals surface area contributed by atoms with Crippen LogP contribution in [0.1, 0.15) is 38.3 Å². The summed E-state index contributed by atoms with van der Waals surface area (Å²) in [5.41, 5.74) is 1.95. The summed E-state index contributed by atoms with van der Waals surface area (Å²) in [6.07, 6.45) is 1.32. The van der Waals surface area contributed by atoms with E-state index in [0.717, 1.165) is 32.5 Å². The smallest absolute Gasteiger partial charge is 0.407 e. The summed E-state index contributed by atoms with van der Waals surface area (Å²) in [5, 5.41) is 2.78. The van der Waals surface area contributed by atoms with Gasteiger partial charge in [0, 0.05) is 33.7 Å². The maximum absolute atomic E-state index is 12.1. The molecule has 2 rings (SSSR count). The Morgan fingerprint density at radius 1 is 1.19 bits per heavy atom. The van der Waals surface area contributed by atoms with E-state index in [1.807, 2.05) is 34.9 Å². The average molecular weight is 376 g/mol. The Bertz CT molecular complexity index is 635. The van der Waals surface area contributed by atoms with Gasteiger partial charge in [-0.1, -0.05) is 24.3 Å². The summed E-state index contributed by atoms with van der Waals surface area (Å²) < 4.78 is 5.23. The summed E-state index contributed by atoms with van der Waals surface area (Å²) in [6.45, 7) is 8.77. The second-order valence-corrected chi connectivity index (χ2v) is 8.45. The normalized spacial score (nSPS) is 17.6. The Hall–Kier alpha value is -2.08. The van der Waals surface area contributed by atoms with E-state index in [1.165, 1.54) is 11.1 Å². The second-order valence-electron chi connectivity index (χ2n) is 8.45. The number of hydrogen-bond donors (Lipinski definition) is 1. The number of hydrogen-bond acceptors (Lipinski definition) is 4. The molecule has 2 amide bonds. The van der Waals surface area contributed by atoms with Gasteiger partial charge in [0.25, 0.3) is 0 Å². The van der Waals surface area contributed by atoms with Gasteiger partial charge in [0.1, 0.15) is 5.60 Å². The van der Waals surface area contributed by atoms with E-state index in [0.29, 0.717) is 6.54 Å². The molecule has 1 aliphatic rings. The van der Waals surface area contributed by atoms with Crippen LogP contribution in [0.2, 0.25) is 0 Å². The molecule has 27 heavy (non-hydrogen) atoms. The van der Waals surface area contributed by atoms with Crippen molar-refractivity contribution in [2.24, 2.45) is 5.92 Å². The van der Waals surface area contributed by atoms with Gasteiger partial charge in [0.05, 0.1) is 5.92 Å². The molecule has 0 bridgehead atoms. The molecule has 0 aliphatic carbocycles. The standard InChI is InChI=1S/C21H33N3O3/c1-21(2,3)27-20(26)22-12-10-16-6-8-17(9-7-16)14-24-13-11-18(15-24)19(25)23(4)5/h6-9,18H,10-15H2,1-5H3,(H,22,26). The quantitative estimate of drug-likeness (QED) is 0.830. The highest BCUT2D eigenvalue weighted by Crippen LogP contribution is 2.20. The Morgan fingerprint density at radius 2 is 1.81 bits per heavy atom. The molecule has 1 heterocycles. The minimum atomic E-state index is -0.475. The van der Waals surface area contributed by atoms with Crippen molar-refractivity contribution in [1.82, 2.24) is 15.1 Å². The van der Waals surface area contributed by atoms with Crippen LogP contribution >= 0.6 is 0 Å². The molecule has 1 N–H and O–H groups in total. The molecule has 1 aromatic carbocycles. The third-order valence-electron chi connectivity index (χ3n) is 4.57. The minimum Gasteiger partial charge on any atom is -0.444 e. The van der Waals surface area contributed by atoms with E-state index >= 15 is 0 Å². The Kier molecular flexibility index (Phi) is 7.25. The van der Waals surface area contributed by atoms with Crippen molar-refractivity contribution in [3.05, 3.63) is 35.4 Å². The lowest BCUT2D eigenvalue weighted by molar-refractivity contribution is -0.132. The minimum absolute atomic E-state index is 0.123. The maximum atomic E-state index is 12.1. The molecule has 1 atom stereocenters. The van der Waals surface area contributed by atoms with Crippen molar-refractivity contribution in [3.63, 3.8) is 0 Å². The number of ether oxygens (including phenoxy) is 1. The first-order chi connectivity index (χ1) is 12.6. The van der Waals surface area contributed by atoms with Crippen LogP contribution in [-0.4, -0.2) is 61.1 Å². The first kappa shape index (κ1) is 21.2. The maximum Gasteiger partial charge on any atom is 0.407 e. The van der Waals surface area contributed by atoms with E-state index in [9.17, 15) is 9.59 Å². The fraction of sp³-hybridized carbons (Fsp3) is 0.619. The largest absolute Gasteiger partial charge is 0.444 e. The zero-order chi connectivity index (χ0) is 20.0. The summed E-state index contributed by atoms with van der Waals surface area (Å²) in [4.78, 5) is 27.7. The summed E-state index contributed by atoms with van der Waals surface area (Å²) >= 11 is 0. The lowest BCUT2D eigenvalue weighted by atomic mass is 10.1. The SMILES string of the molecule is CN(C)C(=O)C1CCN(Cc2ccc(CCNC(=O)OC(C)(C)C)cc2)C1. The van der Waals surface area contributed by atoms with Gasteiger partial charge in [0.2, 0.25) is 5.91 Å². The molecule has 0 radical (unpaired) electrons. The molecule has 0 saturated carbocycles. The number of carbonyl (C=O) groups excluding carboxylic acids is 2. The number of rotatable bonds is 6. The van der Waals surface area contributed by atoms with E-state index in [4.69, 9.17) is 4.74 Å². The summed E-state index contributed by atoms with van der Waals surface area (Å²) in [7, 11) is 3.64. The molecule has 1 unspecified atom stereocenters. The molecule has 1 saturated heterocycles. The van der Waals surface area contributed by atoms with E-state index in [1.54, 1.807) is 4.90 Å². The third-order valence-corrected chi connectivity index (χ3v) is 4.57. The third kappa shape index (κ3) is 7.21. The van der Waals surface area contributed by atoms with Crippen LogP contribution in [0.15, 0.2) is 24.3 Å². The fourth-order valence-corrected chi connectivity index (χ4v) is 3.24. The number of likely N-dealkylation sites (tertiary alicyclic amines) is 1. The van der Waals surface area contributed by atoms with Gasteiger partial charge < -0.3 is 15.0 Å². The van der Waals surface area contributed by atoms with Gasteiger partial charge in [-0.05, 0) is 51.3 Å². The lowest BCUT2D eigenvalue weighted by Crippen LogP contribution is -2.33. The Morgan fingerprint density at radius 3 is 2.41 bits per heavy atom. The molecule has 0 aromatic heterocycles. The Labute approximate surface area is 162 Å². The van der Waals surface area contributed by atoms with Crippen LogP contribution in [0, 0.1) is 5.92 Å². The molecule has 1 aromatic rings. The van der Waals surface area contributed by atoms with Crippen molar-refractivity contribution in [3.8, 4) is 0 Å². The van der Waals surface area contributed by atoms with E-state index < -0.39 is 5.60 Å². The van der Waals surface area contributed by atoms with E-state index in [-0.39, 0.29) is 17.9 Å². The first-order valence-corrected chi connectivity index (χ1v) is 9.62. The molecular formula is C21H33N3O3. The molecule has 1 aliphatic heterocycles. The second kappa shape index (κ2) is 9.22. The molecule has 6 nitrogen and oxygen atoms in total. The van der Waals surface area contributed by atoms with Crippen molar-refractivity contribution in [2.75, 3.05) is 33.7 Å². The molecular weight excluding hydrogens is 342 g/mol. The number of amides is 2. The fourth-order valence-electron chi connectivity index (χ4n) is 3.24. The Balaban J connectivity index is 1.74. The highest BCUT2D eigenvalue weighted by Gasteiger charge is 2.29. The highest BCUT2D eigenvalue weighted by molar-refractivity contribution is 5.78. The number of carbonyl (C=O) groups is 2. The predicted octanol–water partition coefficient (Wildman–Crippen LogP) is 2.66. The topological polar surface area (TPSA) is 61.9 Å². The van der Waals surface area contributed by atoms with Crippen LogP contribution in [-0.2, 0) is 22.5 Å². The first-order valence-electron chi connectivity index (χ1n) is 9.62. The van der Waals surface area contributed by atoms with Crippen molar-refractivity contribution in [1.29, 1.82) is 0 Å². The average Bonchev–Trinajstić information content (AvgIpc) is 3.02. The number of nitrogens with zero attached hydrogens (tertiary/aromatic N) is 2. The van der Waals surface area contributed by atoms with Crippen LogP contribution in [0.4, 0.5) is 4.79 Å². The number of nitrogens with one attached hydrogen (secondary N) is 1. The van der Waals surface area contributed by atoms with Gasteiger partial charge in [-0.15, -0.1) is 0 Å². The van der Waals surface area contributed by atoms with E-state index in [2.05, 4.69) is 34.5 Å². The van der Waals surface area contributed by atoms with Crippen molar-refractivity contribution >= 4 is 12.0 Å². The molecule has 6 heteroatoms. The van der Waals surface area contributed by atoms with Gasteiger partial charge >= 0.3 is 6.09 Å². The molecule has 0 spiro atoms. The summed E-state index contributed by atoms with van der Waals surface area (Å²) in [6, 6.07) is 8.46. The van der Waals surface area contributed by atoms with Gasteiger partial charge in [0.15, 0.2) is 0 Å². The molecule has 150 valence electrons. The number of benzene rings is 1. The van der Waals surface area contributed by atoms with Crippen molar-refractivity contribution in [2.45, 2.75) is 45.8 Å². The zero-order valence-electron chi connectivity index (χ0n) is 17.2. The van der Waals surface area contributed by atoms with Gasteiger partial charge in [-0.2, -0.15) is 0 Å². The van der Waals surface area contributed by atoms with Crippen LogP contribution < -0.4 is 5.32 Å². The van der Waals surface area contributed by atoms with Crippen LogP contribution in [0.5, 0.6) is 0 Å². The van der Waals surface area contributed by atoms with Gasteiger partial charge in [-0.3, -0.25) is 9.69 Å². The van der Waals surface area contributed by atoms with Gasteiger partial charge in [-0.25, -0.2) is 4.79 Å². The monoisotopic (exact) mass is 375 g/mol. The lowest BCUT2D eigenvalue weighted by Gasteiger charge is -2.19.